The lowest BCUT2D eigenvalue weighted by Gasteiger charge is -2.09. The van der Waals surface area contributed by atoms with E-state index in [1.54, 1.807) is 6.08 Å². The van der Waals surface area contributed by atoms with E-state index in [0.29, 0.717) is 26.2 Å². The van der Waals surface area contributed by atoms with Crippen molar-refractivity contribution in [3.63, 3.8) is 0 Å². The molecule has 0 aromatic heterocycles. The number of carbonyl (C=O) groups excluding carboxylic acids is 1. The van der Waals surface area contributed by atoms with Crippen molar-refractivity contribution < 1.29 is 14.3 Å². The van der Waals surface area contributed by atoms with Gasteiger partial charge < -0.3 is 14.8 Å². The van der Waals surface area contributed by atoms with Crippen LogP contribution in [0, 0.1) is 0 Å². The monoisotopic (exact) mass is 247 g/mol. The Hall–Kier alpha value is -1.97. The van der Waals surface area contributed by atoms with Crippen molar-refractivity contribution in [1.82, 2.24) is 5.32 Å². The lowest BCUT2D eigenvalue weighted by atomic mass is 10.1. The predicted octanol–water partition coefficient (Wildman–Crippen LogP) is 1.69. The summed E-state index contributed by atoms with van der Waals surface area (Å²) in [4.78, 5) is 11.6. The number of fused-ring (bicyclic) bond motifs is 1. The molecule has 1 aromatic rings. The van der Waals surface area contributed by atoms with Gasteiger partial charge in [-0.3, -0.25) is 4.79 Å². The first-order chi connectivity index (χ1) is 8.79. The predicted molar refractivity (Wildman–Crippen MR) is 69.0 cm³/mol. The Kier molecular flexibility index (Phi) is 4.23. The second kappa shape index (κ2) is 6.10. The third kappa shape index (κ3) is 3.26. The second-order valence-corrected chi connectivity index (χ2v) is 4.10. The van der Waals surface area contributed by atoms with Gasteiger partial charge in [0.1, 0.15) is 0 Å². The molecular formula is C14H17NO3. The molecule has 1 aliphatic rings. The quantitative estimate of drug-likeness (QED) is 0.824. The number of nitrogens with one attached hydrogen (secondary N) is 1. The van der Waals surface area contributed by atoms with Crippen LogP contribution >= 0.6 is 0 Å². The molecule has 1 amide bonds. The van der Waals surface area contributed by atoms with Gasteiger partial charge in [0.15, 0.2) is 11.5 Å². The summed E-state index contributed by atoms with van der Waals surface area (Å²) in [7, 11) is 0. The molecule has 1 aliphatic heterocycles. The van der Waals surface area contributed by atoms with Gasteiger partial charge in [0.05, 0.1) is 19.6 Å². The van der Waals surface area contributed by atoms with Gasteiger partial charge in [0, 0.05) is 13.0 Å². The molecule has 0 saturated carbocycles. The summed E-state index contributed by atoms with van der Waals surface area (Å²) in [6.45, 7) is 5.37. The molecule has 1 N–H and O–H groups in total. The highest BCUT2D eigenvalue weighted by Gasteiger charge is 2.11. The fourth-order valence-electron chi connectivity index (χ4n) is 1.75. The highest BCUT2D eigenvalue weighted by Crippen LogP contribution is 2.30. The van der Waals surface area contributed by atoms with Crippen LogP contribution in [0.1, 0.15) is 12.0 Å². The minimum Gasteiger partial charge on any atom is -0.490 e. The SMILES string of the molecule is C=CCNC(=O)Cc1ccc2c(c1)OCCCO2. The van der Waals surface area contributed by atoms with Crippen LogP contribution < -0.4 is 14.8 Å². The lowest BCUT2D eigenvalue weighted by molar-refractivity contribution is -0.120. The third-order valence-corrected chi connectivity index (χ3v) is 2.62. The van der Waals surface area contributed by atoms with E-state index in [1.165, 1.54) is 0 Å². The van der Waals surface area contributed by atoms with E-state index in [1.807, 2.05) is 18.2 Å². The Morgan fingerprint density at radius 2 is 2.11 bits per heavy atom. The maximum absolute atomic E-state index is 11.6. The Balaban J connectivity index is 2.03. The molecule has 0 saturated heterocycles. The number of carbonyl (C=O) groups is 1. The molecule has 96 valence electrons. The summed E-state index contributed by atoms with van der Waals surface area (Å²) in [5, 5.41) is 2.74. The van der Waals surface area contributed by atoms with Gasteiger partial charge in [-0.1, -0.05) is 12.1 Å². The summed E-state index contributed by atoms with van der Waals surface area (Å²) < 4.78 is 11.1. The first-order valence-corrected chi connectivity index (χ1v) is 6.05. The highest BCUT2D eigenvalue weighted by atomic mass is 16.5. The summed E-state index contributed by atoms with van der Waals surface area (Å²) in [6, 6.07) is 5.62. The summed E-state index contributed by atoms with van der Waals surface area (Å²) in [5.74, 6) is 1.45. The number of benzene rings is 1. The van der Waals surface area contributed by atoms with Gasteiger partial charge in [0.25, 0.3) is 0 Å². The molecule has 0 bridgehead atoms. The van der Waals surface area contributed by atoms with Gasteiger partial charge in [-0.2, -0.15) is 0 Å². The molecular weight excluding hydrogens is 230 g/mol. The molecule has 4 nitrogen and oxygen atoms in total. The van der Waals surface area contributed by atoms with E-state index in [0.717, 1.165) is 23.5 Å². The fourth-order valence-corrected chi connectivity index (χ4v) is 1.75. The van der Waals surface area contributed by atoms with Crippen LogP contribution in [-0.2, 0) is 11.2 Å². The molecule has 18 heavy (non-hydrogen) atoms. The van der Waals surface area contributed by atoms with Crippen molar-refractivity contribution in [3.8, 4) is 11.5 Å². The minimum absolute atomic E-state index is 0.0237. The van der Waals surface area contributed by atoms with Crippen molar-refractivity contribution in [2.45, 2.75) is 12.8 Å². The fraction of sp³-hybridized carbons (Fsp3) is 0.357. The first kappa shape index (κ1) is 12.5. The average Bonchev–Trinajstić information content (AvgIpc) is 2.61. The van der Waals surface area contributed by atoms with Crippen LogP contribution in [0.15, 0.2) is 30.9 Å². The van der Waals surface area contributed by atoms with Crippen molar-refractivity contribution >= 4 is 5.91 Å². The Morgan fingerprint density at radius 1 is 1.33 bits per heavy atom. The maximum atomic E-state index is 11.6. The minimum atomic E-state index is -0.0237. The standard InChI is InChI=1S/C14H17NO3/c1-2-6-15-14(16)10-11-4-5-12-13(9-11)18-8-3-7-17-12/h2,4-5,9H,1,3,6-8,10H2,(H,15,16). The zero-order valence-corrected chi connectivity index (χ0v) is 10.3. The highest BCUT2D eigenvalue weighted by molar-refractivity contribution is 5.78. The van der Waals surface area contributed by atoms with E-state index in [4.69, 9.17) is 9.47 Å². The van der Waals surface area contributed by atoms with Crippen LogP contribution in [0.25, 0.3) is 0 Å². The third-order valence-electron chi connectivity index (χ3n) is 2.62. The smallest absolute Gasteiger partial charge is 0.224 e. The zero-order chi connectivity index (χ0) is 12.8. The van der Waals surface area contributed by atoms with Crippen LogP contribution in [0.4, 0.5) is 0 Å². The average molecular weight is 247 g/mol. The Bertz CT molecular complexity index is 443. The van der Waals surface area contributed by atoms with Crippen LogP contribution in [0.5, 0.6) is 11.5 Å². The topological polar surface area (TPSA) is 47.6 Å². The molecule has 0 fully saturated rings. The zero-order valence-electron chi connectivity index (χ0n) is 10.3. The molecule has 0 aliphatic carbocycles. The van der Waals surface area contributed by atoms with E-state index in [2.05, 4.69) is 11.9 Å². The van der Waals surface area contributed by atoms with Crippen molar-refractivity contribution in [1.29, 1.82) is 0 Å². The first-order valence-electron chi connectivity index (χ1n) is 6.05. The molecule has 4 heteroatoms. The molecule has 0 atom stereocenters. The molecule has 0 unspecified atom stereocenters. The van der Waals surface area contributed by atoms with Crippen molar-refractivity contribution in [2.75, 3.05) is 19.8 Å². The van der Waals surface area contributed by atoms with Crippen molar-refractivity contribution in [2.24, 2.45) is 0 Å². The van der Waals surface area contributed by atoms with Gasteiger partial charge in [-0.05, 0) is 17.7 Å². The van der Waals surface area contributed by atoms with Gasteiger partial charge in [0.2, 0.25) is 5.91 Å². The van der Waals surface area contributed by atoms with E-state index in [9.17, 15) is 4.79 Å². The normalized spacial score (nSPS) is 13.6. The maximum Gasteiger partial charge on any atom is 0.224 e. The van der Waals surface area contributed by atoms with Gasteiger partial charge in [-0.25, -0.2) is 0 Å². The Labute approximate surface area is 107 Å². The second-order valence-electron chi connectivity index (χ2n) is 4.10. The summed E-state index contributed by atoms with van der Waals surface area (Å²) in [5.41, 5.74) is 0.917. The number of hydrogen-bond donors (Lipinski definition) is 1. The number of rotatable bonds is 4. The molecule has 1 heterocycles. The largest absolute Gasteiger partial charge is 0.490 e. The Morgan fingerprint density at radius 3 is 2.89 bits per heavy atom. The van der Waals surface area contributed by atoms with Gasteiger partial charge in [-0.15, -0.1) is 6.58 Å². The molecule has 1 aromatic carbocycles. The van der Waals surface area contributed by atoms with Gasteiger partial charge >= 0.3 is 0 Å². The van der Waals surface area contributed by atoms with Crippen molar-refractivity contribution in [3.05, 3.63) is 36.4 Å². The number of amides is 1. The lowest BCUT2D eigenvalue weighted by Crippen LogP contribution is -2.24. The van der Waals surface area contributed by atoms with Crippen LogP contribution in [-0.4, -0.2) is 25.7 Å². The van der Waals surface area contributed by atoms with Crippen LogP contribution in [0.2, 0.25) is 0 Å². The molecule has 0 radical (unpaired) electrons. The molecule has 0 spiro atoms. The van der Waals surface area contributed by atoms with E-state index >= 15 is 0 Å². The number of hydrogen-bond acceptors (Lipinski definition) is 3. The van der Waals surface area contributed by atoms with E-state index in [-0.39, 0.29) is 5.91 Å². The van der Waals surface area contributed by atoms with E-state index < -0.39 is 0 Å². The number of ether oxygens (including phenoxy) is 2. The summed E-state index contributed by atoms with van der Waals surface area (Å²) >= 11 is 0. The molecule has 2 rings (SSSR count). The van der Waals surface area contributed by atoms with Crippen LogP contribution in [0.3, 0.4) is 0 Å². The summed E-state index contributed by atoms with van der Waals surface area (Å²) in [6.07, 6.45) is 2.88.